The van der Waals surface area contributed by atoms with Crippen molar-refractivity contribution in [2.24, 2.45) is 0 Å². The predicted molar refractivity (Wildman–Crippen MR) is 139 cm³/mol. The number of unbranched alkanes of at least 4 members (excludes halogenated alkanes) is 1. The van der Waals surface area contributed by atoms with Gasteiger partial charge in [-0.05, 0) is 67.7 Å². The van der Waals surface area contributed by atoms with Crippen LogP contribution in [0.1, 0.15) is 66.4 Å². The van der Waals surface area contributed by atoms with Crippen LogP contribution in [0.25, 0.3) is 0 Å². The minimum absolute atomic E-state index is 0.193. The van der Waals surface area contributed by atoms with Crippen molar-refractivity contribution < 1.29 is 14.6 Å². The molecule has 5 rings (SSSR count). The SMILES string of the molecule is C=C(O)[C@@H](c1ccccc1[C@H]1C[C@@H]1OC)N1CC[C@@H](OCCCCc2ccc3c(n2)NCCC3)C1. The number of fused-ring (bicyclic) bond motifs is 1. The number of ether oxygens (including phenoxy) is 2. The van der Waals surface area contributed by atoms with Gasteiger partial charge in [-0.3, -0.25) is 4.90 Å². The monoisotopic (exact) mass is 477 g/mol. The van der Waals surface area contributed by atoms with E-state index < -0.39 is 0 Å². The summed E-state index contributed by atoms with van der Waals surface area (Å²) in [5, 5.41) is 14.0. The molecule has 3 heterocycles. The van der Waals surface area contributed by atoms with Crippen LogP contribution < -0.4 is 5.32 Å². The largest absolute Gasteiger partial charge is 0.511 e. The van der Waals surface area contributed by atoms with Crippen molar-refractivity contribution in [3.63, 3.8) is 0 Å². The van der Waals surface area contributed by atoms with Crippen LogP contribution in [0.2, 0.25) is 0 Å². The number of nitrogens with one attached hydrogen (secondary N) is 1. The Morgan fingerprint density at radius 1 is 1.26 bits per heavy atom. The van der Waals surface area contributed by atoms with E-state index in [9.17, 15) is 5.11 Å². The van der Waals surface area contributed by atoms with Crippen molar-refractivity contribution in [1.29, 1.82) is 0 Å². The van der Waals surface area contributed by atoms with Gasteiger partial charge in [0.2, 0.25) is 0 Å². The summed E-state index contributed by atoms with van der Waals surface area (Å²) >= 11 is 0. The van der Waals surface area contributed by atoms with Gasteiger partial charge in [-0.1, -0.05) is 36.9 Å². The first-order chi connectivity index (χ1) is 17.1. The Kier molecular flexibility index (Phi) is 7.71. The van der Waals surface area contributed by atoms with Crippen molar-refractivity contribution in [2.75, 3.05) is 38.7 Å². The predicted octanol–water partition coefficient (Wildman–Crippen LogP) is 5.17. The Labute approximate surface area is 209 Å². The number of rotatable bonds is 11. The Bertz CT molecular complexity index is 1030. The zero-order valence-electron chi connectivity index (χ0n) is 20.9. The summed E-state index contributed by atoms with van der Waals surface area (Å²) in [4.78, 5) is 7.12. The van der Waals surface area contributed by atoms with Gasteiger partial charge in [-0.2, -0.15) is 0 Å². The number of methoxy groups -OCH3 is 1. The third-order valence-electron chi connectivity index (χ3n) is 7.71. The topological polar surface area (TPSA) is 66.9 Å². The third kappa shape index (κ3) is 5.71. The molecule has 0 spiro atoms. The number of aliphatic hydroxyl groups excluding tert-OH is 1. The molecule has 6 nitrogen and oxygen atoms in total. The van der Waals surface area contributed by atoms with Gasteiger partial charge >= 0.3 is 0 Å². The molecule has 2 N–H and O–H groups in total. The van der Waals surface area contributed by atoms with Crippen molar-refractivity contribution in [2.45, 2.75) is 69.1 Å². The minimum atomic E-state index is -0.193. The van der Waals surface area contributed by atoms with E-state index in [0.717, 1.165) is 76.1 Å². The first-order valence-corrected chi connectivity index (χ1v) is 13.2. The van der Waals surface area contributed by atoms with Crippen LogP contribution in [0.5, 0.6) is 0 Å². The Balaban J connectivity index is 1.10. The quantitative estimate of drug-likeness (QED) is 0.344. The van der Waals surface area contributed by atoms with E-state index in [1.165, 1.54) is 23.2 Å². The molecule has 1 aromatic carbocycles. The number of aromatic nitrogens is 1. The summed E-state index contributed by atoms with van der Waals surface area (Å²) in [6.07, 6.45) is 7.92. The van der Waals surface area contributed by atoms with Crippen molar-refractivity contribution in [3.05, 3.63) is 71.1 Å². The number of nitrogens with zero attached hydrogens (tertiary/aromatic N) is 2. The summed E-state index contributed by atoms with van der Waals surface area (Å²) < 4.78 is 11.8. The highest BCUT2D eigenvalue weighted by Crippen LogP contribution is 2.47. The van der Waals surface area contributed by atoms with E-state index in [-0.39, 0.29) is 24.0 Å². The molecule has 0 bridgehead atoms. The molecule has 1 saturated heterocycles. The van der Waals surface area contributed by atoms with Crippen molar-refractivity contribution in [3.8, 4) is 0 Å². The smallest absolute Gasteiger partial charge is 0.129 e. The first kappa shape index (κ1) is 24.3. The summed E-state index contributed by atoms with van der Waals surface area (Å²) in [7, 11) is 1.78. The number of aryl methyl sites for hydroxylation is 2. The van der Waals surface area contributed by atoms with Gasteiger partial charge in [0.1, 0.15) is 11.6 Å². The second-order valence-corrected chi connectivity index (χ2v) is 10.2. The van der Waals surface area contributed by atoms with Crippen LogP contribution in [0.3, 0.4) is 0 Å². The van der Waals surface area contributed by atoms with E-state index in [0.29, 0.717) is 5.92 Å². The molecule has 35 heavy (non-hydrogen) atoms. The fraction of sp³-hybridized carbons (Fsp3) is 0.552. The molecule has 1 aliphatic carbocycles. The maximum absolute atomic E-state index is 10.6. The second kappa shape index (κ2) is 11.1. The lowest BCUT2D eigenvalue weighted by Gasteiger charge is -2.29. The number of pyridine rings is 1. The standard InChI is InChI=1S/C29H39N3O3/c1-20(33)28(25-11-4-3-10-24(25)26-18-27(26)34-2)32-16-14-23(19-32)35-17-6-5-9-22-13-12-21-8-7-15-30-29(21)31-22/h3-4,10-13,23,26-28,33H,1,5-9,14-19H2,2H3,(H,30,31)/t23-,26-,27+,28+/m1/s1. The molecule has 0 unspecified atom stereocenters. The van der Waals surface area contributed by atoms with Gasteiger partial charge in [-0.25, -0.2) is 4.98 Å². The van der Waals surface area contributed by atoms with Gasteiger partial charge < -0.3 is 19.9 Å². The zero-order chi connectivity index (χ0) is 24.2. The molecule has 6 heteroatoms. The van der Waals surface area contributed by atoms with E-state index in [2.05, 4.69) is 53.2 Å². The lowest BCUT2D eigenvalue weighted by atomic mass is 9.95. The number of likely N-dealkylation sites (tertiary alicyclic amines) is 1. The van der Waals surface area contributed by atoms with Crippen LogP contribution >= 0.6 is 0 Å². The minimum Gasteiger partial charge on any atom is -0.511 e. The molecule has 3 aliphatic rings. The van der Waals surface area contributed by atoms with Crippen LogP contribution in [0.4, 0.5) is 5.82 Å². The molecule has 0 radical (unpaired) electrons. The molecule has 188 valence electrons. The lowest BCUT2D eigenvalue weighted by Crippen LogP contribution is -2.30. The Morgan fingerprint density at radius 3 is 2.97 bits per heavy atom. The Hall–Kier alpha value is -2.41. The van der Waals surface area contributed by atoms with Gasteiger partial charge in [0.15, 0.2) is 0 Å². The molecule has 1 saturated carbocycles. The number of hydrogen-bond donors (Lipinski definition) is 2. The first-order valence-electron chi connectivity index (χ1n) is 13.2. The number of benzene rings is 1. The van der Waals surface area contributed by atoms with Crippen molar-refractivity contribution in [1.82, 2.24) is 9.88 Å². The molecule has 0 amide bonds. The molecule has 4 atom stereocenters. The highest BCUT2D eigenvalue weighted by molar-refractivity contribution is 5.47. The summed E-state index contributed by atoms with van der Waals surface area (Å²) in [6.45, 7) is 7.44. The second-order valence-electron chi connectivity index (χ2n) is 10.2. The maximum Gasteiger partial charge on any atom is 0.129 e. The number of hydrogen-bond acceptors (Lipinski definition) is 6. The normalized spacial score (nSPS) is 24.5. The van der Waals surface area contributed by atoms with Gasteiger partial charge in [-0.15, -0.1) is 0 Å². The van der Waals surface area contributed by atoms with E-state index in [4.69, 9.17) is 14.5 Å². The summed E-state index contributed by atoms with van der Waals surface area (Å²) in [6, 6.07) is 12.6. The average molecular weight is 478 g/mol. The van der Waals surface area contributed by atoms with E-state index in [1.54, 1.807) is 7.11 Å². The fourth-order valence-corrected chi connectivity index (χ4v) is 5.73. The zero-order valence-corrected chi connectivity index (χ0v) is 20.9. The number of anilines is 1. The van der Waals surface area contributed by atoms with E-state index >= 15 is 0 Å². The van der Waals surface area contributed by atoms with Crippen LogP contribution in [0, 0.1) is 0 Å². The molecule has 2 aliphatic heterocycles. The Morgan fingerprint density at radius 2 is 2.14 bits per heavy atom. The van der Waals surface area contributed by atoms with Gasteiger partial charge in [0.25, 0.3) is 0 Å². The molecular weight excluding hydrogens is 438 g/mol. The highest BCUT2D eigenvalue weighted by atomic mass is 16.5. The third-order valence-corrected chi connectivity index (χ3v) is 7.71. The highest BCUT2D eigenvalue weighted by Gasteiger charge is 2.42. The fourth-order valence-electron chi connectivity index (χ4n) is 5.73. The van der Waals surface area contributed by atoms with Gasteiger partial charge in [0.05, 0.1) is 18.2 Å². The van der Waals surface area contributed by atoms with Crippen LogP contribution in [0.15, 0.2) is 48.7 Å². The molecule has 2 aromatic rings. The summed E-state index contributed by atoms with van der Waals surface area (Å²) in [5.74, 6) is 1.70. The van der Waals surface area contributed by atoms with Crippen LogP contribution in [-0.2, 0) is 22.3 Å². The van der Waals surface area contributed by atoms with Gasteiger partial charge in [0, 0.05) is 45.0 Å². The molecule has 1 aromatic heterocycles. The lowest BCUT2D eigenvalue weighted by molar-refractivity contribution is 0.0524. The van der Waals surface area contributed by atoms with Crippen molar-refractivity contribution >= 4 is 5.82 Å². The molecular formula is C29H39N3O3. The number of aliphatic hydroxyl groups is 1. The summed E-state index contributed by atoms with van der Waals surface area (Å²) in [5.41, 5.74) is 4.93. The molecule has 2 fully saturated rings. The average Bonchev–Trinajstić information content (AvgIpc) is 3.53. The van der Waals surface area contributed by atoms with E-state index in [1.807, 2.05) is 0 Å². The van der Waals surface area contributed by atoms with Crippen LogP contribution in [-0.4, -0.2) is 60.5 Å². The maximum atomic E-state index is 10.6.